The molecule has 16 heavy (non-hydrogen) atoms. The van der Waals surface area contributed by atoms with Crippen molar-refractivity contribution in [3.8, 4) is 0 Å². The lowest BCUT2D eigenvalue weighted by Crippen LogP contribution is -2.27. The van der Waals surface area contributed by atoms with Crippen LogP contribution >= 0.6 is 11.3 Å². The number of aryl methyl sites for hydroxylation is 2. The van der Waals surface area contributed by atoms with Crippen LogP contribution < -0.4 is 5.32 Å². The minimum atomic E-state index is 0.483. The van der Waals surface area contributed by atoms with Crippen LogP contribution in [0.3, 0.4) is 0 Å². The van der Waals surface area contributed by atoms with Crippen molar-refractivity contribution >= 4 is 11.3 Å². The number of nitrogens with one attached hydrogen (secondary N) is 1. The smallest absolute Gasteiger partial charge is 0.0900 e. The zero-order valence-corrected chi connectivity index (χ0v) is 11.9. The molecular weight excluding hydrogens is 216 g/mol. The Morgan fingerprint density at radius 1 is 1.31 bits per heavy atom. The van der Waals surface area contributed by atoms with E-state index in [1.807, 2.05) is 11.3 Å². The van der Waals surface area contributed by atoms with E-state index in [1.165, 1.54) is 28.4 Å². The number of aromatic nitrogens is 1. The summed E-state index contributed by atoms with van der Waals surface area (Å²) in [7, 11) is 0. The molecule has 2 nitrogen and oxygen atoms in total. The molecule has 0 amide bonds. The Hall–Kier alpha value is -0.410. The van der Waals surface area contributed by atoms with Crippen LogP contribution in [0.4, 0.5) is 0 Å². The molecule has 1 N–H and O–H groups in total. The van der Waals surface area contributed by atoms with Gasteiger partial charge in [0.15, 0.2) is 0 Å². The predicted octanol–water partition coefficient (Wildman–Crippen LogP) is 3.85. The van der Waals surface area contributed by atoms with E-state index < -0.39 is 0 Å². The molecule has 2 unspecified atom stereocenters. The van der Waals surface area contributed by atoms with Crippen LogP contribution in [-0.4, -0.2) is 11.5 Å². The maximum absolute atomic E-state index is 4.54. The molecular formula is C13H24N2S. The van der Waals surface area contributed by atoms with Gasteiger partial charge in [-0.1, -0.05) is 27.2 Å². The fourth-order valence-electron chi connectivity index (χ4n) is 1.92. The Balaban J connectivity index is 2.86. The molecule has 0 aromatic carbocycles. The highest BCUT2D eigenvalue weighted by atomic mass is 32.1. The molecule has 0 aliphatic heterocycles. The summed E-state index contributed by atoms with van der Waals surface area (Å²) < 4.78 is 0. The normalized spacial score (nSPS) is 15.1. The molecule has 0 aliphatic rings. The molecule has 0 saturated carbocycles. The highest BCUT2D eigenvalue weighted by Crippen LogP contribution is 2.31. The molecule has 2 atom stereocenters. The summed E-state index contributed by atoms with van der Waals surface area (Å²) in [6, 6.07) is 0.483. The van der Waals surface area contributed by atoms with Crippen LogP contribution in [0.2, 0.25) is 0 Å². The van der Waals surface area contributed by atoms with Crippen molar-refractivity contribution in [1.82, 2.24) is 10.3 Å². The van der Waals surface area contributed by atoms with E-state index in [9.17, 15) is 0 Å². The van der Waals surface area contributed by atoms with Crippen molar-refractivity contribution < 1.29 is 0 Å². The molecule has 0 aliphatic carbocycles. The molecule has 92 valence electrons. The lowest BCUT2D eigenvalue weighted by atomic mass is 9.97. The number of nitrogens with zero attached hydrogens (tertiary/aromatic N) is 1. The lowest BCUT2D eigenvalue weighted by molar-refractivity contribution is 0.380. The first-order chi connectivity index (χ1) is 7.60. The first-order valence-corrected chi connectivity index (χ1v) is 7.09. The third kappa shape index (κ3) is 3.29. The van der Waals surface area contributed by atoms with Gasteiger partial charge < -0.3 is 5.32 Å². The minimum Gasteiger partial charge on any atom is -0.309 e. The van der Waals surface area contributed by atoms with Crippen LogP contribution in [0.15, 0.2) is 0 Å². The van der Waals surface area contributed by atoms with Gasteiger partial charge >= 0.3 is 0 Å². The molecule has 0 bridgehead atoms. The van der Waals surface area contributed by atoms with Crippen LogP contribution in [-0.2, 0) is 0 Å². The zero-order chi connectivity index (χ0) is 12.1. The molecule has 0 fully saturated rings. The van der Waals surface area contributed by atoms with Crippen molar-refractivity contribution in [3.05, 3.63) is 15.6 Å². The van der Waals surface area contributed by atoms with Gasteiger partial charge in [0.05, 0.1) is 10.7 Å². The summed E-state index contributed by atoms with van der Waals surface area (Å²) in [5.41, 5.74) is 1.21. The van der Waals surface area contributed by atoms with Gasteiger partial charge in [-0.2, -0.15) is 0 Å². The quantitative estimate of drug-likeness (QED) is 0.817. The van der Waals surface area contributed by atoms with Crippen molar-refractivity contribution in [2.24, 2.45) is 5.92 Å². The second-order valence-electron chi connectivity index (χ2n) is 4.50. The van der Waals surface area contributed by atoms with Gasteiger partial charge in [0.25, 0.3) is 0 Å². The van der Waals surface area contributed by atoms with Gasteiger partial charge in [-0.05, 0) is 32.7 Å². The van der Waals surface area contributed by atoms with Gasteiger partial charge in [0.2, 0.25) is 0 Å². The Bertz CT molecular complexity index is 320. The van der Waals surface area contributed by atoms with E-state index in [-0.39, 0.29) is 0 Å². The second-order valence-corrected chi connectivity index (χ2v) is 5.73. The molecule has 3 heteroatoms. The third-order valence-electron chi connectivity index (χ3n) is 3.05. The fraction of sp³-hybridized carbons (Fsp3) is 0.769. The zero-order valence-electron chi connectivity index (χ0n) is 11.1. The summed E-state index contributed by atoms with van der Waals surface area (Å²) in [4.78, 5) is 5.97. The molecule has 1 heterocycles. The van der Waals surface area contributed by atoms with Gasteiger partial charge in [-0.25, -0.2) is 4.98 Å². The molecule has 0 spiro atoms. The standard InChI is InChI=1S/C13H24N2S/c1-6-8-14-12(9(3)7-2)13-10(4)15-11(5)16-13/h9,12,14H,6-8H2,1-5H3. The van der Waals surface area contributed by atoms with Gasteiger partial charge in [0.1, 0.15) is 0 Å². The lowest BCUT2D eigenvalue weighted by Gasteiger charge is -2.23. The monoisotopic (exact) mass is 240 g/mol. The Labute approximate surface area is 103 Å². The van der Waals surface area contributed by atoms with E-state index in [1.54, 1.807) is 0 Å². The van der Waals surface area contributed by atoms with Gasteiger partial charge in [0, 0.05) is 10.9 Å². The second kappa shape index (κ2) is 6.36. The topological polar surface area (TPSA) is 24.9 Å². The fourth-order valence-corrected chi connectivity index (χ4v) is 3.06. The highest BCUT2D eigenvalue weighted by Gasteiger charge is 2.21. The molecule has 1 aromatic rings. The average molecular weight is 240 g/mol. The van der Waals surface area contributed by atoms with E-state index >= 15 is 0 Å². The first-order valence-electron chi connectivity index (χ1n) is 6.27. The number of hydrogen-bond donors (Lipinski definition) is 1. The Morgan fingerprint density at radius 2 is 2.00 bits per heavy atom. The highest BCUT2D eigenvalue weighted by molar-refractivity contribution is 7.11. The minimum absolute atomic E-state index is 0.483. The average Bonchev–Trinajstić information content (AvgIpc) is 2.58. The summed E-state index contributed by atoms with van der Waals surface area (Å²) >= 11 is 1.84. The van der Waals surface area contributed by atoms with E-state index in [0.717, 1.165) is 6.54 Å². The largest absolute Gasteiger partial charge is 0.309 e. The maximum Gasteiger partial charge on any atom is 0.0900 e. The summed E-state index contributed by atoms with van der Waals surface area (Å²) in [6.45, 7) is 12.1. The van der Waals surface area contributed by atoms with E-state index in [4.69, 9.17) is 0 Å². The predicted molar refractivity (Wildman–Crippen MR) is 72.1 cm³/mol. The third-order valence-corrected chi connectivity index (χ3v) is 4.21. The number of rotatable bonds is 6. The van der Waals surface area contributed by atoms with Crippen LogP contribution in [0.5, 0.6) is 0 Å². The number of thiazole rings is 1. The summed E-state index contributed by atoms with van der Waals surface area (Å²) in [5, 5.41) is 4.84. The Morgan fingerprint density at radius 3 is 2.44 bits per heavy atom. The van der Waals surface area contributed by atoms with Crippen LogP contribution in [0, 0.1) is 19.8 Å². The van der Waals surface area contributed by atoms with Crippen molar-refractivity contribution in [2.75, 3.05) is 6.54 Å². The van der Waals surface area contributed by atoms with Crippen LogP contribution in [0.1, 0.15) is 55.2 Å². The van der Waals surface area contributed by atoms with Crippen molar-refractivity contribution in [1.29, 1.82) is 0 Å². The Kier molecular flexibility index (Phi) is 5.42. The summed E-state index contributed by atoms with van der Waals surface area (Å²) in [6.07, 6.45) is 2.39. The van der Waals surface area contributed by atoms with E-state index in [2.05, 4.69) is 44.9 Å². The molecule has 0 saturated heterocycles. The molecule has 1 rings (SSSR count). The molecule has 1 aromatic heterocycles. The van der Waals surface area contributed by atoms with Crippen LogP contribution in [0.25, 0.3) is 0 Å². The van der Waals surface area contributed by atoms with Gasteiger partial charge in [-0.15, -0.1) is 11.3 Å². The van der Waals surface area contributed by atoms with Crippen molar-refractivity contribution in [3.63, 3.8) is 0 Å². The number of hydrogen-bond acceptors (Lipinski definition) is 3. The van der Waals surface area contributed by atoms with Gasteiger partial charge in [-0.3, -0.25) is 0 Å². The van der Waals surface area contributed by atoms with E-state index in [0.29, 0.717) is 12.0 Å². The summed E-state index contributed by atoms with van der Waals surface area (Å²) in [5.74, 6) is 0.671. The molecule has 0 radical (unpaired) electrons. The van der Waals surface area contributed by atoms with Crippen molar-refractivity contribution in [2.45, 2.75) is 53.5 Å². The SMILES string of the molecule is CCCNC(c1sc(C)nc1C)C(C)CC. The first kappa shape index (κ1) is 13.7. The maximum atomic E-state index is 4.54.